The highest BCUT2D eigenvalue weighted by Crippen LogP contribution is 2.33. The molecule has 1 aromatic heterocycles. The molecule has 2 aromatic rings. The molecule has 194 valence electrons. The van der Waals surface area contributed by atoms with Gasteiger partial charge >= 0.3 is 0 Å². The predicted octanol–water partition coefficient (Wildman–Crippen LogP) is 3.83. The van der Waals surface area contributed by atoms with Crippen LogP contribution in [0, 0.1) is 5.92 Å². The van der Waals surface area contributed by atoms with Crippen LogP contribution in [-0.2, 0) is 14.3 Å². The van der Waals surface area contributed by atoms with E-state index in [9.17, 15) is 23.2 Å². The first-order valence-electron chi connectivity index (χ1n) is 11.7. The third-order valence-corrected chi connectivity index (χ3v) is 7.49. The number of carbonyl (C=O) groups excluding carboxylic acids is 3. The molecule has 3 amide bonds. The van der Waals surface area contributed by atoms with E-state index in [1.807, 2.05) is 0 Å². The molecule has 1 aliphatic heterocycles. The molecule has 12 heteroatoms. The second-order valence-corrected chi connectivity index (χ2v) is 10.4. The summed E-state index contributed by atoms with van der Waals surface area (Å²) < 4.78 is 33.3. The van der Waals surface area contributed by atoms with Crippen LogP contribution >= 0.6 is 22.9 Å². The average molecular weight is 541 g/mol. The average Bonchev–Trinajstić information content (AvgIpc) is 3.26. The maximum Gasteiger partial charge on any atom is 0.265 e. The van der Waals surface area contributed by atoms with Gasteiger partial charge in [0.1, 0.15) is 12.6 Å². The first-order chi connectivity index (χ1) is 17.3. The van der Waals surface area contributed by atoms with Gasteiger partial charge in [-0.15, -0.1) is 11.3 Å². The Kier molecular flexibility index (Phi) is 8.89. The topological polar surface area (TPSA) is 99.8 Å². The molecule has 1 saturated carbocycles. The molecule has 2 fully saturated rings. The van der Waals surface area contributed by atoms with Crippen molar-refractivity contribution in [1.29, 1.82) is 0 Å². The smallest absolute Gasteiger partial charge is 0.265 e. The summed E-state index contributed by atoms with van der Waals surface area (Å²) >= 11 is 7.03. The summed E-state index contributed by atoms with van der Waals surface area (Å²) in [5, 5.41) is 8.61. The fourth-order valence-corrected chi connectivity index (χ4v) is 5.00. The number of rotatable bonds is 10. The van der Waals surface area contributed by atoms with E-state index in [4.69, 9.17) is 16.3 Å². The lowest BCUT2D eigenvalue weighted by Crippen LogP contribution is -2.50. The van der Waals surface area contributed by atoms with Crippen molar-refractivity contribution in [2.24, 2.45) is 5.92 Å². The number of benzene rings is 1. The van der Waals surface area contributed by atoms with E-state index in [0.717, 1.165) is 30.6 Å². The van der Waals surface area contributed by atoms with E-state index < -0.39 is 24.3 Å². The number of anilines is 2. The van der Waals surface area contributed by atoms with Crippen molar-refractivity contribution >= 4 is 52.0 Å². The molecule has 0 bridgehead atoms. The normalized spacial score (nSPS) is 17.1. The van der Waals surface area contributed by atoms with Crippen molar-refractivity contribution in [1.82, 2.24) is 10.6 Å². The van der Waals surface area contributed by atoms with E-state index in [1.165, 1.54) is 23.1 Å². The summed E-state index contributed by atoms with van der Waals surface area (Å²) in [6.45, 7) is 0.879. The Morgan fingerprint density at radius 2 is 2.03 bits per heavy atom. The van der Waals surface area contributed by atoms with Crippen LogP contribution in [0.4, 0.5) is 20.2 Å². The van der Waals surface area contributed by atoms with Crippen LogP contribution in [0.3, 0.4) is 0 Å². The van der Waals surface area contributed by atoms with Gasteiger partial charge in [-0.2, -0.15) is 0 Å². The van der Waals surface area contributed by atoms with Crippen molar-refractivity contribution in [2.45, 2.75) is 31.7 Å². The molecule has 36 heavy (non-hydrogen) atoms. The monoisotopic (exact) mass is 540 g/mol. The van der Waals surface area contributed by atoms with Gasteiger partial charge < -0.3 is 25.6 Å². The number of hydrogen-bond acceptors (Lipinski definition) is 6. The Bertz CT molecular complexity index is 1110. The Balaban J connectivity index is 1.45. The molecule has 0 spiro atoms. The minimum absolute atomic E-state index is 0.00890. The Labute approximate surface area is 216 Å². The highest BCUT2D eigenvalue weighted by Gasteiger charge is 2.27. The number of nitrogens with one attached hydrogen (secondary N) is 3. The van der Waals surface area contributed by atoms with Crippen molar-refractivity contribution in [2.75, 3.05) is 43.1 Å². The number of nitrogens with zero attached hydrogens (tertiary/aromatic N) is 1. The van der Waals surface area contributed by atoms with Crippen LogP contribution in [0.5, 0.6) is 0 Å². The maximum absolute atomic E-state index is 13.9. The third kappa shape index (κ3) is 6.58. The number of amides is 3. The van der Waals surface area contributed by atoms with E-state index in [2.05, 4.69) is 16.0 Å². The van der Waals surface area contributed by atoms with Crippen LogP contribution < -0.4 is 20.9 Å². The number of morpholine rings is 1. The second kappa shape index (κ2) is 12.1. The summed E-state index contributed by atoms with van der Waals surface area (Å²) in [6, 6.07) is 6.51. The first kappa shape index (κ1) is 26.5. The minimum Gasteiger partial charge on any atom is -0.370 e. The van der Waals surface area contributed by atoms with Gasteiger partial charge in [0.05, 0.1) is 21.5 Å². The van der Waals surface area contributed by atoms with Gasteiger partial charge in [0.15, 0.2) is 0 Å². The molecule has 1 atom stereocenters. The zero-order valence-electron chi connectivity index (χ0n) is 19.4. The molecule has 0 unspecified atom stereocenters. The molecular weight excluding hydrogens is 514 g/mol. The lowest BCUT2D eigenvalue weighted by Gasteiger charge is -2.29. The quantitative estimate of drug-likeness (QED) is 0.425. The highest BCUT2D eigenvalue weighted by molar-refractivity contribution is 7.18. The number of thiophene rings is 1. The predicted molar refractivity (Wildman–Crippen MR) is 134 cm³/mol. The molecule has 1 aliphatic carbocycles. The van der Waals surface area contributed by atoms with Crippen molar-refractivity contribution in [3.63, 3.8) is 0 Å². The molecule has 4 rings (SSSR count). The van der Waals surface area contributed by atoms with Gasteiger partial charge in [0, 0.05) is 24.3 Å². The van der Waals surface area contributed by atoms with Gasteiger partial charge in [0.25, 0.3) is 18.2 Å². The number of hydrogen-bond donors (Lipinski definition) is 3. The maximum atomic E-state index is 13.9. The van der Waals surface area contributed by atoms with E-state index >= 15 is 0 Å². The van der Waals surface area contributed by atoms with Gasteiger partial charge in [-0.1, -0.05) is 18.0 Å². The lowest BCUT2D eigenvalue weighted by atomic mass is 9.85. The fraction of sp³-hybridized carbons (Fsp3) is 0.458. The molecule has 2 heterocycles. The molecule has 0 radical (unpaired) electrons. The Morgan fingerprint density at radius 1 is 1.22 bits per heavy atom. The molecule has 3 N–H and O–H groups in total. The van der Waals surface area contributed by atoms with Gasteiger partial charge in [-0.3, -0.25) is 14.4 Å². The first-order valence-corrected chi connectivity index (χ1v) is 12.9. The summed E-state index contributed by atoms with van der Waals surface area (Å²) in [7, 11) is 0. The standard InChI is InChI=1S/C24H27ClF2N4O4S/c25-20-7-6-19(36-20)24(34)29-12-17(28-11-14-2-1-3-14)23(33)30-15-4-5-18(16(10-15)22(26)27)31-8-9-35-13-21(31)32/h4-7,10,14,17,22,28H,1-3,8-9,11-13H2,(H,29,34)(H,30,33)/t17-/m0/s1. The van der Waals surface area contributed by atoms with Crippen LogP contribution in [0.1, 0.15) is 40.9 Å². The van der Waals surface area contributed by atoms with Crippen molar-refractivity contribution < 1.29 is 27.9 Å². The molecular formula is C24H27ClF2N4O4S. The Morgan fingerprint density at radius 3 is 2.67 bits per heavy atom. The van der Waals surface area contributed by atoms with E-state index in [0.29, 0.717) is 21.7 Å². The Hall–Kier alpha value is -2.60. The molecule has 1 aromatic carbocycles. The number of ether oxygens (including phenoxy) is 1. The zero-order valence-corrected chi connectivity index (χ0v) is 21.0. The largest absolute Gasteiger partial charge is 0.370 e. The van der Waals surface area contributed by atoms with Gasteiger partial charge in [-0.05, 0) is 55.6 Å². The molecule has 2 aliphatic rings. The summed E-state index contributed by atoms with van der Waals surface area (Å²) in [5.74, 6) is -0.755. The van der Waals surface area contributed by atoms with E-state index in [1.54, 1.807) is 12.1 Å². The lowest BCUT2D eigenvalue weighted by molar-refractivity contribution is -0.125. The summed E-state index contributed by atoms with van der Waals surface area (Å²) in [4.78, 5) is 39.4. The number of halogens is 3. The number of alkyl halides is 2. The summed E-state index contributed by atoms with van der Waals surface area (Å²) in [5.41, 5.74) is -0.0886. The van der Waals surface area contributed by atoms with Crippen LogP contribution in [-0.4, -0.2) is 56.6 Å². The minimum atomic E-state index is -2.85. The van der Waals surface area contributed by atoms with Gasteiger partial charge in [-0.25, -0.2) is 8.78 Å². The highest BCUT2D eigenvalue weighted by atomic mass is 35.5. The van der Waals surface area contributed by atoms with Crippen molar-refractivity contribution in [3.8, 4) is 0 Å². The van der Waals surface area contributed by atoms with E-state index in [-0.39, 0.29) is 49.1 Å². The van der Waals surface area contributed by atoms with Crippen LogP contribution in [0.15, 0.2) is 30.3 Å². The number of carbonyl (C=O) groups is 3. The fourth-order valence-electron chi connectivity index (χ4n) is 4.04. The van der Waals surface area contributed by atoms with Crippen molar-refractivity contribution in [3.05, 3.63) is 45.1 Å². The third-order valence-electron chi connectivity index (χ3n) is 6.26. The SMILES string of the molecule is O=C(NC[C@H](NCC1CCC1)C(=O)Nc1ccc(N2CCOCC2=O)c(C(F)F)c1)c1ccc(Cl)s1. The van der Waals surface area contributed by atoms with Crippen LogP contribution in [0.2, 0.25) is 4.34 Å². The second-order valence-electron chi connectivity index (χ2n) is 8.73. The van der Waals surface area contributed by atoms with Crippen LogP contribution in [0.25, 0.3) is 0 Å². The molecule has 1 saturated heterocycles. The zero-order chi connectivity index (χ0) is 25.7. The summed E-state index contributed by atoms with van der Waals surface area (Å²) in [6.07, 6.45) is 0.437. The van der Waals surface area contributed by atoms with Gasteiger partial charge in [0.2, 0.25) is 5.91 Å². The molecule has 8 nitrogen and oxygen atoms in total.